The molecule has 0 saturated heterocycles. The number of allylic oxidation sites excluding steroid dienone is 7. The van der Waals surface area contributed by atoms with Crippen molar-refractivity contribution in [3.05, 3.63) is 82.5 Å². The molecule has 4 atom stereocenters. The minimum Gasteiger partial charge on any atom is -0.371 e. The molecular formula is C36H53FN2. The van der Waals surface area contributed by atoms with Crippen LogP contribution in [0.1, 0.15) is 97.8 Å². The summed E-state index contributed by atoms with van der Waals surface area (Å²) in [5.74, 6) is 1.48. The molecule has 1 aromatic rings. The Hall–Kier alpha value is -2.68. The van der Waals surface area contributed by atoms with Crippen LogP contribution in [-0.4, -0.2) is 29.9 Å². The van der Waals surface area contributed by atoms with E-state index in [1.54, 1.807) is 6.92 Å². The van der Waals surface area contributed by atoms with Crippen molar-refractivity contribution in [1.29, 1.82) is 0 Å². The van der Waals surface area contributed by atoms with Crippen molar-refractivity contribution in [2.45, 2.75) is 107 Å². The topological polar surface area (TPSA) is 15.6 Å². The quantitative estimate of drug-likeness (QED) is 0.182. The predicted octanol–water partition coefficient (Wildman–Crippen LogP) is 10.5. The first-order valence-corrected chi connectivity index (χ1v) is 14.9. The van der Waals surface area contributed by atoms with Gasteiger partial charge in [0, 0.05) is 24.5 Å². The highest BCUT2D eigenvalue weighted by atomic mass is 19.1. The van der Waals surface area contributed by atoms with E-state index in [-0.39, 0.29) is 0 Å². The summed E-state index contributed by atoms with van der Waals surface area (Å²) >= 11 is 0. The van der Waals surface area contributed by atoms with Gasteiger partial charge in [-0.3, -0.25) is 4.99 Å². The maximum absolute atomic E-state index is 13.6. The van der Waals surface area contributed by atoms with Gasteiger partial charge in [-0.25, -0.2) is 4.39 Å². The van der Waals surface area contributed by atoms with Crippen molar-refractivity contribution in [2.24, 2.45) is 16.8 Å². The molecule has 0 amide bonds. The first-order valence-electron chi connectivity index (χ1n) is 14.9. The van der Waals surface area contributed by atoms with Gasteiger partial charge in [-0.1, -0.05) is 65.0 Å². The lowest BCUT2D eigenvalue weighted by Crippen LogP contribution is -2.46. The monoisotopic (exact) mass is 532 g/mol. The van der Waals surface area contributed by atoms with Crippen molar-refractivity contribution in [3.8, 4) is 0 Å². The number of halogens is 1. The minimum atomic E-state index is -0.965. The van der Waals surface area contributed by atoms with E-state index in [2.05, 4.69) is 84.9 Å². The number of rotatable bonds is 13. The lowest BCUT2D eigenvalue weighted by Gasteiger charge is -2.47. The van der Waals surface area contributed by atoms with Crippen molar-refractivity contribution in [2.75, 3.05) is 7.05 Å². The molecule has 0 N–H and O–H groups in total. The number of hydrogen-bond donors (Lipinski definition) is 0. The van der Waals surface area contributed by atoms with Crippen molar-refractivity contribution < 1.29 is 4.39 Å². The van der Waals surface area contributed by atoms with Gasteiger partial charge in [-0.2, -0.15) is 0 Å². The second-order valence-electron chi connectivity index (χ2n) is 11.6. The van der Waals surface area contributed by atoms with Crippen LogP contribution in [0.25, 0.3) is 5.70 Å². The summed E-state index contributed by atoms with van der Waals surface area (Å²) < 4.78 is 13.6. The summed E-state index contributed by atoms with van der Waals surface area (Å²) in [5, 5.41) is 0. The number of nitrogens with zero attached hydrogens (tertiary/aromatic N) is 2. The molecule has 1 unspecified atom stereocenters. The third-order valence-corrected chi connectivity index (χ3v) is 8.85. The molecule has 0 spiro atoms. The smallest absolute Gasteiger partial charge is 0.118 e. The fourth-order valence-corrected chi connectivity index (χ4v) is 5.34. The third-order valence-electron chi connectivity index (χ3n) is 8.85. The molecule has 1 aromatic carbocycles. The van der Waals surface area contributed by atoms with Gasteiger partial charge in [-0.05, 0) is 124 Å². The molecular weight excluding hydrogens is 479 g/mol. The molecule has 1 aliphatic rings. The standard InChI is InChI=1S/C36H53FN2/c1-13-24(6)33-18-19-36(33)39(12)29(11)32-21-30(14-2)27(9)35(22-32)38-34(15-3)26(8)20-31(23(4)5)17-16-25(7)28(10)37/h16-17,20-22,24,28,33,36H,4,11,13-15,18-19H2,1-3,5-10,12H3/b25-16+,26-20+,31-17-,38-34?/t24-,28?,33+,36+/m0/s1. The van der Waals surface area contributed by atoms with Gasteiger partial charge in [0.2, 0.25) is 0 Å². The maximum atomic E-state index is 13.6. The van der Waals surface area contributed by atoms with Gasteiger partial charge in [0.25, 0.3) is 0 Å². The molecule has 2 rings (SSSR count). The summed E-state index contributed by atoms with van der Waals surface area (Å²) in [7, 11) is 2.21. The molecule has 39 heavy (non-hydrogen) atoms. The molecule has 1 aliphatic carbocycles. The van der Waals surface area contributed by atoms with E-state index < -0.39 is 6.17 Å². The predicted molar refractivity (Wildman–Crippen MR) is 172 cm³/mol. The minimum absolute atomic E-state index is 0.563. The van der Waals surface area contributed by atoms with E-state index in [1.807, 2.05) is 26.0 Å². The number of benzene rings is 1. The van der Waals surface area contributed by atoms with E-state index >= 15 is 0 Å². The number of aryl methyl sites for hydroxylation is 1. The van der Waals surface area contributed by atoms with Gasteiger partial charge in [-0.15, -0.1) is 0 Å². The van der Waals surface area contributed by atoms with Gasteiger partial charge in [0.15, 0.2) is 0 Å². The summed E-state index contributed by atoms with van der Waals surface area (Å²) in [6, 6.07) is 5.09. The van der Waals surface area contributed by atoms with Crippen LogP contribution < -0.4 is 0 Å². The van der Waals surface area contributed by atoms with Crippen molar-refractivity contribution in [1.82, 2.24) is 4.90 Å². The zero-order valence-corrected chi connectivity index (χ0v) is 26.4. The Kier molecular flexibility index (Phi) is 12.2. The van der Waals surface area contributed by atoms with Crippen LogP contribution in [0, 0.1) is 18.8 Å². The van der Waals surface area contributed by atoms with E-state index in [0.717, 1.165) is 64.1 Å². The van der Waals surface area contributed by atoms with Gasteiger partial charge < -0.3 is 4.90 Å². The Morgan fingerprint density at radius 3 is 2.26 bits per heavy atom. The highest BCUT2D eigenvalue weighted by molar-refractivity contribution is 6.01. The van der Waals surface area contributed by atoms with Crippen LogP contribution in [0.3, 0.4) is 0 Å². The van der Waals surface area contributed by atoms with Crippen molar-refractivity contribution in [3.63, 3.8) is 0 Å². The normalized spacial score (nSPS) is 20.4. The maximum Gasteiger partial charge on any atom is 0.118 e. The molecule has 0 radical (unpaired) electrons. The Balaban J connectivity index is 2.49. The number of aliphatic imine (C=N–C) groups is 1. The van der Waals surface area contributed by atoms with Crippen molar-refractivity contribution >= 4 is 17.1 Å². The summed E-state index contributed by atoms with van der Waals surface area (Å²) in [6.45, 7) is 27.4. The molecule has 2 nitrogen and oxygen atoms in total. The summed E-state index contributed by atoms with van der Waals surface area (Å²) in [4.78, 5) is 7.63. The SMILES string of the molecule is C=C(C)C(=C\C=C(/C)C(C)F)/C=C(\C)C(CC)=Nc1cc(C(=C)N(C)[C@@H]2CC[C@@H]2[C@@H](C)CC)cc(CC)c1C. The van der Waals surface area contributed by atoms with Crippen LogP contribution >= 0.6 is 0 Å². The second kappa shape index (κ2) is 14.6. The lowest BCUT2D eigenvalue weighted by atomic mass is 9.70. The molecule has 1 fully saturated rings. The number of hydrogen-bond acceptors (Lipinski definition) is 2. The first kappa shape index (κ1) is 32.5. The zero-order chi connectivity index (χ0) is 29.4. The molecule has 0 aliphatic heterocycles. The first-order chi connectivity index (χ1) is 18.4. The summed E-state index contributed by atoms with van der Waals surface area (Å²) in [5.41, 5.74) is 10.6. The Labute approximate surface area is 239 Å². The highest BCUT2D eigenvalue weighted by Crippen LogP contribution is 2.41. The fraction of sp³-hybridized carbons (Fsp3) is 0.528. The van der Waals surface area contributed by atoms with Gasteiger partial charge in [0.1, 0.15) is 6.17 Å². The Bertz CT molecular complexity index is 1160. The average Bonchev–Trinajstić information content (AvgIpc) is 2.88. The molecule has 214 valence electrons. The van der Waals surface area contributed by atoms with Crippen LogP contribution in [-0.2, 0) is 6.42 Å². The fourth-order valence-electron chi connectivity index (χ4n) is 5.34. The Morgan fingerprint density at radius 1 is 1.10 bits per heavy atom. The lowest BCUT2D eigenvalue weighted by molar-refractivity contribution is 0.0833. The van der Waals surface area contributed by atoms with Crippen LogP contribution in [0.15, 0.2) is 70.8 Å². The summed E-state index contributed by atoms with van der Waals surface area (Å²) in [6.07, 6.45) is 10.5. The van der Waals surface area contributed by atoms with Gasteiger partial charge >= 0.3 is 0 Å². The second-order valence-corrected chi connectivity index (χ2v) is 11.6. The molecule has 0 aromatic heterocycles. The Morgan fingerprint density at radius 2 is 1.77 bits per heavy atom. The van der Waals surface area contributed by atoms with Crippen LogP contribution in [0.4, 0.5) is 10.1 Å². The molecule has 1 saturated carbocycles. The van der Waals surface area contributed by atoms with E-state index in [1.165, 1.54) is 30.4 Å². The molecule has 3 heteroatoms. The van der Waals surface area contributed by atoms with Gasteiger partial charge in [0.05, 0.1) is 5.69 Å². The number of alkyl halides is 1. The largest absolute Gasteiger partial charge is 0.371 e. The van der Waals surface area contributed by atoms with E-state index in [0.29, 0.717) is 11.6 Å². The van der Waals surface area contributed by atoms with E-state index in [9.17, 15) is 4.39 Å². The van der Waals surface area contributed by atoms with Crippen LogP contribution in [0.2, 0.25) is 0 Å². The third kappa shape index (κ3) is 8.16. The zero-order valence-electron chi connectivity index (χ0n) is 26.4. The van der Waals surface area contributed by atoms with E-state index in [4.69, 9.17) is 4.99 Å². The molecule has 0 heterocycles. The average molecular weight is 533 g/mol. The molecule has 0 bridgehead atoms. The van der Waals surface area contributed by atoms with Crippen LogP contribution in [0.5, 0.6) is 0 Å². The highest BCUT2D eigenvalue weighted by Gasteiger charge is 2.37.